The van der Waals surface area contributed by atoms with E-state index in [4.69, 9.17) is 0 Å². The lowest BCUT2D eigenvalue weighted by Gasteiger charge is -2.20. The second kappa shape index (κ2) is 5.87. The van der Waals surface area contributed by atoms with Crippen LogP contribution in [0.4, 0.5) is 0 Å². The molecule has 19 heavy (non-hydrogen) atoms. The van der Waals surface area contributed by atoms with Crippen LogP contribution in [-0.2, 0) is 12.8 Å². The number of aryl methyl sites for hydroxylation is 2. The number of benzene rings is 1. The monoisotopic (exact) mass is 259 g/mol. The number of hydrogen-bond donors (Lipinski definition) is 1. The van der Waals surface area contributed by atoms with Gasteiger partial charge < -0.3 is 5.32 Å². The van der Waals surface area contributed by atoms with Crippen molar-refractivity contribution in [2.75, 3.05) is 6.54 Å². The Bertz CT molecular complexity index is 457. The number of Topliss-reactive ketones (excluding diaryl/α,β-unsaturated/α-hetero) is 1. The molecule has 0 saturated heterocycles. The number of carbonyl (C=O) groups is 1. The highest BCUT2D eigenvalue weighted by Gasteiger charge is 2.14. The molecule has 0 aromatic heterocycles. The van der Waals surface area contributed by atoms with Gasteiger partial charge in [0.05, 0.1) is 0 Å². The molecule has 0 fully saturated rings. The van der Waals surface area contributed by atoms with E-state index in [1.165, 1.54) is 30.4 Å². The molecule has 0 bridgehead atoms. The first-order chi connectivity index (χ1) is 8.96. The van der Waals surface area contributed by atoms with Gasteiger partial charge in [0.2, 0.25) is 0 Å². The third-order valence-corrected chi connectivity index (χ3v) is 3.68. The van der Waals surface area contributed by atoms with E-state index in [1.807, 2.05) is 6.07 Å². The Morgan fingerprint density at radius 1 is 1.16 bits per heavy atom. The molecule has 1 aliphatic carbocycles. The summed E-state index contributed by atoms with van der Waals surface area (Å²) in [7, 11) is 0. The van der Waals surface area contributed by atoms with E-state index >= 15 is 0 Å². The Labute approximate surface area is 116 Å². The summed E-state index contributed by atoms with van der Waals surface area (Å²) in [5, 5.41) is 3.36. The van der Waals surface area contributed by atoms with Crippen molar-refractivity contribution in [3.05, 3.63) is 34.9 Å². The third-order valence-electron chi connectivity index (χ3n) is 3.68. The summed E-state index contributed by atoms with van der Waals surface area (Å²) in [6.07, 6.45) is 5.44. The zero-order valence-corrected chi connectivity index (χ0v) is 12.4. The number of fused-ring (bicyclic) bond motifs is 1. The SMILES string of the molecule is CC(C)(C)NCCC(=O)c1ccc2c(c1)CCCC2. The number of ketones is 1. The Morgan fingerprint density at radius 3 is 2.53 bits per heavy atom. The highest BCUT2D eigenvalue weighted by atomic mass is 16.1. The molecule has 1 aromatic rings. The van der Waals surface area contributed by atoms with E-state index in [2.05, 4.69) is 38.2 Å². The summed E-state index contributed by atoms with van der Waals surface area (Å²) in [4.78, 5) is 12.2. The first-order valence-corrected chi connectivity index (χ1v) is 7.36. The lowest BCUT2D eigenvalue weighted by Crippen LogP contribution is -2.37. The molecular weight excluding hydrogens is 234 g/mol. The van der Waals surface area contributed by atoms with Gasteiger partial charge in [-0.3, -0.25) is 4.79 Å². The van der Waals surface area contributed by atoms with E-state index in [1.54, 1.807) is 0 Å². The summed E-state index contributed by atoms with van der Waals surface area (Å²) in [6.45, 7) is 7.11. The van der Waals surface area contributed by atoms with Gasteiger partial charge in [0, 0.05) is 24.1 Å². The molecule has 1 aliphatic rings. The highest BCUT2D eigenvalue weighted by molar-refractivity contribution is 5.96. The number of carbonyl (C=O) groups excluding carboxylic acids is 1. The topological polar surface area (TPSA) is 29.1 Å². The Hall–Kier alpha value is -1.15. The van der Waals surface area contributed by atoms with Gasteiger partial charge in [-0.25, -0.2) is 0 Å². The first-order valence-electron chi connectivity index (χ1n) is 7.36. The van der Waals surface area contributed by atoms with Gasteiger partial charge in [0.1, 0.15) is 0 Å². The summed E-state index contributed by atoms with van der Waals surface area (Å²) in [5.74, 6) is 0.255. The third kappa shape index (κ3) is 4.17. The maximum absolute atomic E-state index is 12.2. The van der Waals surface area contributed by atoms with Gasteiger partial charge >= 0.3 is 0 Å². The normalized spacial score (nSPS) is 15.1. The zero-order chi connectivity index (χ0) is 13.9. The number of nitrogens with one attached hydrogen (secondary N) is 1. The summed E-state index contributed by atoms with van der Waals surface area (Å²) in [5.41, 5.74) is 3.80. The van der Waals surface area contributed by atoms with Crippen molar-refractivity contribution in [1.29, 1.82) is 0 Å². The quantitative estimate of drug-likeness (QED) is 0.838. The van der Waals surface area contributed by atoms with Gasteiger partial charge in [-0.05, 0) is 63.6 Å². The van der Waals surface area contributed by atoms with Crippen molar-refractivity contribution >= 4 is 5.78 Å². The molecule has 0 aliphatic heterocycles. The predicted octanol–water partition coefficient (Wildman–Crippen LogP) is 3.53. The van der Waals surface area contributed by atoms with Crippen molar-refractivity contribution in [2.45, 2.75) is 58.4 Å². The molecule has 0 unspecified atom stereocenters. The largest absolute Gasteiger partial charge is 0.312 e. The molecule has 104 valence electrons. The summed E-state index contributed by atoms with van der Waals surface area (Å²) < 4.78 is 0. The molecule has 0 saturated carbocycles. The zero-order valence-electron chi connectivity index (χ0n) is 12.4. The second-order valence-corrected chi connectivity index (χ2v) is 6.54. The van der Waals surface area contributed by atoms with Crippen LogP contribution in [0, 0.1) is 0 Å². The van der Waals surface area contributed by atoms with Crippen LogP contribution < -0.4 is 5.32 Å². The Kier molecular flexibility index (Phi) is 4.41. The van der Waals surface area contributed by atoms with Crippen LogP contribution in [0.1, 0.15) is 61.5 Å². The van der Waals surface area contributed by atoms with Crippen LogP contribution in [0.5, 0.6) is 0 Å². The number of rotatable bonds is 4. The Morgan fingerprint density at radius 2 is 1.84 bits per heavy atom. The second-order valence-electron chi connectivity index (χ2n) is 6.54. The van der Waals surface area contributed by atoms with Gasteiger partial charge in [-0.1, -0.05) is 12.1 Å². The standard InChI is InChI=1S/C17H25NO/c1-17(2,3)18-11-10-16(19)15-9-8-13-6-4-5-7-14(13)12-15/h8-9,12,18H,4-7,10-11H2,1-3H3. The first kappa shape index (κ1) is 14.3. The van der Waals surface area contributed by atoms with Crippen LogP contribution in [0.3, 0.4) is 0 Å². The predicted molar refractivity (Wildman–Crippen MR) is 79.8 cm³/mol. The minimum atomic E-state index is 0.0795. The fourth-order valence-electron chi connectivity index (χ4n) is 2.60. The average Bonchev–Trinajstić information content (AvgIpc) is 2.36. The lowest BCUT2D eigenvalue weighted by atomic mass is 9.89. The van der Waals surface area contributed by atoms with Crippen LogP contribution in [-0.4, -0.2) is 17.9 Å². The Balaban J connectivity index is 1.96. The molecule has 2 heteroatoms. The van der Waals surface area contributed by atoms with Crippen molar-refractivity contribution in [3.8, 4) is 0 Å². The van der Waals surface area contributed by atoms with E-state index in [0.29, 0.717) is 6.42 Å². The van der Waals surface area contributed by atoms with Gasteiger partial charge in [-0.15, -0.1) is 0 Å². The molecule has 2 nitrogen and oxygen atoms in total. The molecule has 1 N–H and O–H groups in total. The molecule has 0 radical (unpaired) electrons. The minimum absolute atomic E-state index is 0.0795. The fourth-order valence-corrected chi connectivity index (χ4v) is 2.60. The molecule has 0 amide bonds. The van der Waals surface area contributed by atoms with Gasteiger partial charge in [0.25, 0.3) is 0 Å². The molecule has 0 atom stereocenters. The van der Waals surface area contributed by atoms with Crippen molar-refractivity contribution in [1.82, 2.24) is 5.32 Å². The average molecular weight is 259 g/mol. The van der Waals surface area contributed by atoms with Crippen molar-refractivity contribution < 1.29 is 4.79 Å². The van der Waals surface area contributed by atoms with Crippen molar-refractivity contribution in [3.63, 3.8) is 0 Å². The van der Waals surface area contributed by atoms with Crippen LogP contribution in [0.15, 0.2) is 18.2 Å². The lowest BCUT2D eigenvalue weighted by molar-refractivity contribution is 0.0980. The minimum Gasteiger partial charge on any atom is -0.312 e. The summed E-state index contributed by atoms with van der Waals surface area (Å²) in [6, 6.07) is 6.27. The maximum Gasteiger partial charge on any atom is 0.164 e. The molecule has 1 aromatic carbocycles. The van der Waals surface area contributed by atoms with E-state index in [0.717, 1.165) is 18.5 Å². The van der Waals surface area contributed by atoms with Crippen LogP contribution in [0.2, 0.25) is 0 Å². The van der Waals surface area contributed by atoms with E-state index in [-0.39, 0.29) is 11.3 Å². The smallest absolute Gasteiger partial charge is 0.164 e. The summed E-state index contributed by atoms with van der Waals surface area (Å²) >= 11 is 0. The van der Waals surface area contributed by atoms with Crippen LogP contribution in [0.25, 0.3) is 0 Å². The maximum atomic E-state index is 12.2. The molecule has 2 rings (SSSR count). The molecule has 0 spiro atoms. The highest BCUT2D eigenvalue weighted by Crippen LogP contribution is 2.22. The van der Waals surface area contributed by atoms with E-state index in [9.17, 15) is 4.79 Å². The van der Waals surface area contributed by atoms with Gasteiger partial charge in [-0.2, -0.15) is 0 Å². The fraction of sp³-hybridized carbons (Fsp3) is 0.588. The molecular formula is C17H25NO. The molecule has 0 heterocycles. The van der Waals surface area contributed by atoms with Crippen molar-refractivity contribution in [2.24, 2.45) is 0 Å². The van der Waals surface area contributed by atoms with E-state index < -0.39 is 0 Å². The van der Waals surface area contributed by atoms with Gasteiger partial charge in [0.15, 0.2) is 5.78 Å². The number of hydrogen-bond acceptors (Lipinski definition) is 2. The van der Waals surface area contributed by atoms with Crippen LogP contribution >= 0.6 is 0 Å².